The van der Waals surface area contributed by atoms with Crippen LogP contribution in [-0.2, 0) is 4.74 Å². The largest absolute Gasteiger partial charge is 0.444 e. The maximum absolute atomic E-state index is 11.6. The molecule has 1 atom stereocenters. The highest BCUT2D eigenvalue weighted by molar-refractivity contribution is 5.67. The lowest BCUT2D eigenvalue weighted by Gasteiger charge is -2.24. The SMILES string of the molecule is CC(CCNC1CCCCC1)NC(=O)OC(C)(C)C. The summed E-state index contributed by atoms with van der Waals surface area (Å²) >= 11 is 0. The molecule has 0 aliphatic heterocycles. The molecule has 4 nitrogen and oxygen atoms in total. The highest BCUT2D eigenvalue weighted by atomic mass is 16.6. The second-order valence-electron chi connectivity index (χ2n) is 6.63. The Morgan fingerprint density at radius 1 is 1.26 bits per heavy atom. The van der Waals surface area contributed by atoms with Gasteiger partial charge in [-0.15, -0.1) is 0 Å². The molecule has 0 heterocycles. The van der Waals surface area contributed by atoms with Gasteiger partial charge in [-0.1, -0.05) is 19.3 Å². The molecule has 1 saturated carbocycles. The van der Waals surface area contributed by atoms with Gasteiger partial charge < -0.3 is 15.4 Å². The van der Waals surface area contributed by atoms with E-state index < -0.39 is 5.60 Å². The Morgan fingerprint density at radius 3 is 2.47 bits per heavy atom. The van der Waals surface area contributed by atoms with Gasteiger partial charge in [0.25, 0.3) is 0 Å². The molecule has 0 bridgehead atoms. The highest BCUT2D eigenvalue weighted by Gasteiger charge is 2.18. The minimum atomic E-state index is -0.426. The molecule has 0 aromatic carbocycles. The highest BCUT2D eigenvalue weighted by Crippen LogP contribution is 2.17. The Bertz CT molecular complexity index is 268. The van der Waals surface area contributed by atoms with Crippen LogP contribution in [0, 0.1) is 0 Å². The van der Waals surface area contributed by atoms with E-state index in [1.54, 1.807) is 0 Å². The quantitative estimate of drug-likeness (QED) is 0.806. The summed E-state index contributed by atoms with van der Waals surface area (Å²) in [5.74, 6) is 0. The maximum Gasteiger partial charge on any atom is 0.407 e. The van der Waals surface area contributed by atoms with Gasteiger partial charge in [0.15, 0.2) is 0 Å². The first kappa shape index (κ1) is 16.3. The van der Waals surface area contributed by atoms with E-state index >= 15 is 0 Å². The fraction of sp³-hybridized carbons (Fsp3) is 0.933. The van der Waals surface area contributed by atoms with E-state index in [1.165, 1.54) is 32.1 Å². The van der Waals surface area contributed by atoms with Crippen molar-refractivity contribution in [2.75, 3.05) is 6.54 Å². The summed E-state index contributed by atoms with van der Waals surface area (Å²) in [4.78, 5) is 11.6. The molecule has 2 N–H and O–H groups in total. The third-order valence-corrected chi connectivity index (χ3v) is 3.38. The third kappa shape index (κ3) is 8.09. The zero-order valence-electron chi connectivity index (χ0n) is 12.9. The van der Waals surface area contributed by atoms with Crippen LogP contribution in [0.4, 0.5) is 4.79 Å². The van der Waals surface area contributed by atoms with Crippen molar-refractivity contribution < 1.29 is 9.53 Å². The number of ether oxygens (including phenoxy) is 1. The first-order valence-electron chi connectivity index (χ1n) is 7.60. The van der Waals surface area contributed by atoms with Gasteiger partial charge >= 0.3 is 6.09 Å². The molecule has 1 fully saturated rings. The second-order valence-corrected chi connectivity index (χ2v) is 6.63. The first-order valence-corrected chi connectivity index (χ1v) is 7.60. The minimum absolute atomic E-state index is 0.144. The average molecular weight is 270 g/mol. The summed E-state index contributed by atoms with van der Waals surface area (Å²) in [6.07, 6.45) is 7.30. The van der Waals surface area contributed by atoms with E-state index in [0.717, 1.165) is 13.0 Å². The molecule has 112 valence electrons. The van der Waals surface area contributed by atoms with E-state index in [0.29, 0.717) is 6.04 Å². The van der Waals surface area contributed by atoms with Crippen molar-refractivity contribution in [3.8, 4) is 0 Å². The van der Waals surface area contributed by atoms with Crippen LogP contribution in [0.5, 0.6) is 0 Å². The summed E-state index contributed by atoms with van der Waals surface area (Å²) in [7, 11) is 0. The first-order chi connectivity index (χ1) is 8.87. The second kappa shape index (κ2) is 7.73. The number of hydrogen-bond acceptors (Lipinski definition) is 3. The summed E-state index contributed by atoms with van der Waals surface area (Å²) in [6, 6.07) is 0.827. The molecule has 1 unspecified atom stereocenters. The van der Waals surface area contributed by atoms with Crippen LogP contribution in [0.2, 0.25) is 0 Å². The van der Waals surface area contributed by atoms with E-state index in [-0.39, 0.29) is 12.1 Å². The smallest absolute Gasteiger partial charge is 0.407 e. The number of hydrogen-bond donors (Lipinski definition) is 2. The summed E-state index contributed by atoms with van der Waals surface area (Å²) in [5.41, 5.74) is -0.426. The van der Waals surface area contributed by atoms with Crippen LogP contribution in [0.3, 0.4) is 0 Å². The van der Waals surface area contributed by atoms with Crippen molar-refractivity contribution in [1.82, 2.24) is 10.6 Å². The molecule has 0 spiro atoms. The lowest BCUT2D eigenvalue weighted by molar-refractivity contribution is 0.0506. The molecular weight excluding hydrogens is 240 g/mol. The van der Waals surface area contributed by atoms with Crippen LogP contribution in [0.1, 0.15) is 66.2 Å². The monoisotopic (exact) mass is 270 g/mol. The molecule has 1 rings (SSSR count). The molecule has 1 aliphatic carbocycles. The number of carbonyl (C=O) groups is 1. The van der Waals surface area contributed by atoms with Gasteiger partial charge in [-0.2, -0.15) is 0 Å². The van der Waals surface area contributed by atoms with Gasteiger partial charge in [-0.3, -0.25) is 0 Å². The fourth-order valence-corrected chi connectivity index (χ4v) is 2.39. The normalized spacial score (nSPS) is 18.9. The summed E-state index contributed by atoms with van der Waals surface area (Å²) in [6.45, 7) is 8.61. The van der Waals surface area contributed by atoms with Crippen molar-refractivity contribution in [2.24, 2.45) is 0 Å². The Kier molecular flexibility index (Phi) is 6.63. The van der Waals surface area contributed by atoms with Crippen LogP contribution in [0.25, 0.3) is 0 Å². The number of carbonyl (C=O) groups excluding carboxylic acids is 1. The Balaban J connectivity index is 2.10. The molecule has 1 amide bonds. The van der Waals surface area contributed by atoms with Crippen molar-refractivity contribution in [1.29, 1.82) is 0 Å². The van der Waals surface area contributed by atoms with Crippen molar-refractivity contribution in [2.45, 2.75) is 83.9 Å². The van der Waals surface area contributed by atoms with Crippen LogP contribution in [0.15, 0.2) is 0 Å². The van der Waals surface area contributed by atoms with Crippen molar-refractivity contribution >= 4 is 6.09 Å². The molecule has 4 heteroatoms. The number of amides is 1. The van der Waals surface area contributed by atoms with E-state index in [1.807, 2.05) is 27.7 Å². The molecule has 0 aromatic heterocycles. The topological polar surface area (TPSA) is 50.4 Å². The molecule has 0 aromatic rings. The van der Waals surface area contributed by atoms with Gasteiger partial charge in [-0.25, -0.2) is 4.79 Å². The molecule has 0 radical (unpaired) electrons. The third-order valence-electron chi connectivity index (χ3n) is 3.38. The molecular formula is C15H30N2O2. The average Bonchev–Trinajstić information content (AvgIpc) is 2.27. The molecule has 0 saturated heterocycles. The maximum atomic E-state index is 11.6. The Morgan fingerprint density at radius 2 is 1.89 bits per heavy atom. The number of alkyl carbamates (subject to hydrolysis) is 1. The van der Waals surface area contributed by atoms with Gasteiger partial charge in [0.05, 0.1) is 0 Å². The fourth-order valence-electron chi connectivity index (χ4n) is 2.39. The predicted molar refractivity (Wildman–Crippen MR) is 78.3 cm³/mol. The lowest BCUT2D eigenvalue weighted by atomic mass is 9.95. The standard InChI is InChI=1S/C15H30N2O2/c1-12(17-14(18)19-15(2,3)4)10-11-16-13-8-6-5-7-9-13/h12-13,16H,5-11H2,1-4H3,(H,17,18). The van der Waals surface area contributed by atoms with Crippen LogP contribution in [-0.4, -0.2) is 30.3 Å². The number of rotatable bonds is 5. The van der Waals surface area contributed by atoms with Gasteiger partial charge in [0.1, 0.15) is 5.60 Å². The van der Waals surface area contributed by atoms with E-state index in [4.69, 9.17) is 4.74 Å². The van der Waals surface area contributed by atoms with Gasteiger partial charge in [-0.05, 0) is 53.5 Å². The summed E-state index contributed by atoms with van der Waals surface area (Å²) in [5, 5.41) is 6.45. The lowest BCUT2D eigenvalue weighted by Crippen LogP contribution is -2.40. The van der Waals surface area contributed by atoms with Crippen LogP contribution < -0.4 is 10.6 Å². The van der Waals surface area contributed by atoms with Crippen molar-refractivity contribution in [3.63, 3.8) is 0 Å². The van der Waals surface area contributed by atoms with Crippen molar-refractivity contribution in [3.05, 3.63) is 0 Å². The van der Waals surface area contributed by atoms with E-state index in [9.17, 15) is 4.79 Å². The summed E-state index contributed by atoms with van der Waals surface area (Å²) < 4.78 is 5.23. The molecule has 19 heavy (non-hydrogen) atoms. The zero-order chi connectivity index (χ0) is 14.3. The Labute approximate surface area is 117 Å². The zero-order valence-corrected chi connectivity index (χ0v) is 12.9. The Hall–Kier alpha value is -0.770. The van der Waals surface area contributed by atoms with E-state index in [2.05, 4.69) is 10.6 Å². The minimum Gasteiger partial charge on any atom is -0.444 e. The molecule has 1 aliphatic rings. The van der Waals surface area contributed by atoms with Gasteiger partial charge in [0, 0.05) is 12.1 Å². The predicted octanol–water partition coefficient (Wildman–Crippen LogP) is 3.21. The van der Waals surface area contributed by atoms with Gasteiger partial charge in [0.2, 0.25) is 0 Å². The number of nitrogens with one attached hydrogen (secondary N) is 2. The van der Waals surface area contributed by atoms with Crippen LogP contribution >= 0.6 is 0 Å².